The van der Waals surface area contributed by atoms with Crippen molar-refractivity contribution in [3.05, 3.63) is 58.6 Å². The van der Waals surface area contributed by atoms with Crippen LogP contribution in [0.2, 0.25) is 5.02 Å². The van der Waals surface area contributed by atoms with Crippen molar-refractivity contribution in [2.45, 2.75) is 43.8 Å². The summed E-state index contributed by atoms with van der Waals surface area (Å²) in [7, 11) is 0. The van der Waals surface area contributed by atoms with E-state index in [1.807, 2.05) is 0 Å². The first-order valence-electron chi connectivity index (χ1n) is 12.8. The third kappa shape index (κ3) is 7.88. The molecule has 0 radical (unpaired) electrons. The second-order valence-corrected chi connectivity index (χ2v) is 10.2. The van der Waals surface area contributed by atoms with Crippen LogP contribution in [-0.4, -0.2) is 76.8 Å². The highest BCUT2D eigenvalue weighted by Crippen LogP contribution is 2.34. The summed E-state index contributed by atoms with van der Waals surface area (Å²) in [6, 6.07) is 11.4. The maximum Gasteiger partial charge on any atom is 0.490 e. The van der Waals surface area contributed by atoms with Gasteiger partial charge in [-0.15, -0.1) is 0 Å². The van der Waals surface area contributed by atoms with Crippen LogP contribution in [0.15, 0.2) is 42.5 Å². The minimum absolute atomic E-state index is 0.00403. The van der Waals surface area contributed by atoms with E-state index in [1.165, 1.54) is 12.5 Å². The highest BCUT2D eigenvalue weighted by molar-refractivity contribution is 6.31. The Morgan fingerprint density at radius 1 is 0.927 bits per heavy atom. The van der Waals surface area contributed by atoms with Crippen LogP contribution in [0.3, 0.4) is 0 Å². The molecule has 0 spiro atoms. The average molecular weight is 599 g/mol. The number of nitrogens with zero attached hydrogens (tertiary/aromatic N) is 2. The number of aliphatic carboxylic acids is 1. The number of anilines is 2. The smallest absolute Gasteiger partial charge is 0.478 e. The van der Waals surface area contributed by atoms with Crippen molar-refractivity contribution in [3.8, 4) is 0 Å². The van der Waals surface area contributed by atoms with E-state index in [0.29, 0.717) is 36.5 Å². The third-order valence-electron chi connectivity index (χ3n) is 7.19. The summed E-state index contributed by atoms with van der Waals surface area (Å²) < 4.78 is 31.7. The molecule has 2 heterocycles. The van der Waals surface area contributed by atoms with Crippen molar-refractivity contribution in [2.75, 3.05) is 36.4 Å². The fraction of sp³-hybridized carbons (Fsp3) is 0.407. The van der Waals surface area contributed by atoms with Crippen LogP contribution in [0.25, 0.3) is 0 Å². The number of piperidine rings is 2. The van der Waals surface area contributed by atoms with Gasteiger partial charge in [-0.2, -0.15) is 13.2 Å². The quantitative estimate of drug-likeness (QED) is 0.385. The van der Waals surface area contributed by atoms with Gasteiger partial charge in [0.25, 0.3) is 5.91 Å². The molecule has 4 rings (SSSR count). The van der Waals surface area contributed by atoms with Crippen molar-refractivity contribution in [1.29, 1.82) is 0 Å². The number of carboxylic acids is 2. The van der Waals surface area contributed by atoms with Gasteiger partial charge in [0.05, 0.1) is 11.3 Å². The first kappa shape index (κ1) is 31.7. The van der Waals surface area contributed by atoms with Crippen LogP contribution in [0.4, 0.5) is 24.5 Å². The van der Waals surface area contributed by atoms with Crippen molar-refractivity contribution in [3.63, 3.8) is 0 Å². The van der Waals surface area contributed by atoms with Crippen molar-refractivity contribution in [2.24, 2.45) is 5.73 Å². The van der Waals surface area contributed by atoms with E-state index in [9.17, 15) is 32.7 Å². The Morgan fingerprint density at radius 3 is 2.05 bits per heavy atom. The number of rotatable bonds is 6. The number of primary amides is 1. The first-order valence-corrected chi connectivity index (χ1v) is 13.2. The molecule has 0 unspecified atom stereocenters. The molecule has 2 amide bonds. The Labute approximate surface area is 238 Å². The number of likely N-dealkylation sites (tertiary alicyclic amines) is 1. The Morgan fingerprint density at radius 2 is 1.54 bits per heavy atom. The lowest BCUT2D eigenvalue weighted by atomic mass is 9.83. The second kappa shape index (κ2) is 13.2. The maximum atomic E-state index is 12.6. The molecule has 2 saturated heterocycles. The van der Waals surface area contributed by atoms with Crippen molar-refractivity contribution >= 4 is 46.7 Å². The standard InChI is InChI=1S/C25H29ClN4O4.C2HF3O2/c26-18-6-4-5-17(15-18)22(31)28-21-8-7-19(16-20(21)23(32)33)29-13-9-25(10-14-29,24(27)34)30-11-2-1-3-12-30;3-2(4,5)1(6)7/h4-8,15-16H,1-3,9-14H2,(H2,27,34)(H,28,31)(H,32,33);(H,6,7). The fourth-order valence-electron chi connectivity index (χ4n) is 5.01. The number of amides is 2. The lowest BCUT2D eigenvalue weighted by Crippen LogP contribution is -2.63. The maximum absolute atomic E-state index is 12.6. The molecule has 0 bridgehead atoms. The lowest BCUT2D eigenvalue weighted by molar-refractivity contribution is -0.192. The normalized spacial score (nSPS) is 17.1. The zero-order chi connectivity index (χ0) is 30.4. The fourth-order valence-corrected chi connectivity index (χ4v) is 5.20. The molecule has 0 saturated carbocycles. The number of hydrogen-bond donors (Lipinski definition) is 4. The zero-order valence-electron chi connectivity index (χ0n) is 21.9. The number of nitrogens with two attached hydrogens (primary N) is 1. The van der Waals surface area contributed by atoms with E-state index in [1.54, 1.807) is 36.4 Å². The van der Waals surface area contributed by atoms with Gasteiger partial charge >= 0.3 is 18.1 Å². The Balaban J connectivity index is 0.000000587. The molecular weight excluding hydrogens is 569 g/mol. The Bertz CT molecular complexity index is 1290. The molecule has 0 aliphatic carbocycles. The summed E-state index contributed by atoms with van der Waals surface area (Å²) in [5.41, 5.74) is 6.51. The molecular formula is C27H30ClF3N4O6. The number of benzene rings is 2. The molecule has 10 nitrogen and oxygen atoms in total. The molecule has 2 aliphatic rings. The van der Waals surface area contributed by atoms with E-state index in [0.717, 1.165) is 31.6 Å². The van der Waals surface area contributed by atoms with Gasteiger partial charge in [0.1, 0.15) is 5.54 Å². The highest BCUT2D eigenvalue weighted by atomic mass is 35.5. The summed E-state index contributed by atoms with van der Waals surface area (Å²) in [5.74, 6) is -4.62. The van der Waals surface area contributed by atoms with Gasteiger partial charge in [0, 0.05) is 29.4 Å². The van der Waals surface area contributed by atoms with Gasteiger partial charge < -0.3 is 26.2 Å². The summed E-state index contributed by atoms with van der Waals surface area (Å²) in [5, 5.41) is 20.0. The molecule has 41 heavy (non-hydrogen) atoms. The van der Waals surface area contributed by atoms with Gasteiger partial charge in [-0.1, -0.05) is 24.1 Å². The van der Waals surface area contributed by atoms with Crippen LogP contribution in [0.1, 0.15) is 52.8 Å². The molecule has 2 aliphatic heterocycles. The van der Waals surface area contributed by atoms with Crippen LogP contribution in [0, 0.1) is 0 Å². The summed E-state index contributed by atoms with van der Waals surface area (Å²) in [6.45, 7) is 2.94. The van der Waals surface area contributed by atoms with E-state index < -0.39 is 29.6 Å². The SMILES string of the molecule is NC(=O)C1(N2CCCCC2)CCN(c2ccc(NC(=O)c3cccc(Cl)c3)c(C(=O)O)c2)CC1.O=C(O)C(F)(F)F. The van der Waals surface area contributed by atoms with E-state index >= 15 is 0 Å². The van der Waals surface area contributed by atoms with Gasteiger partial charge in [-0.3, -0.25) is 14.5 Å². The predicted octanol–water partition coefficient (Wildman–Crippen LogP) is 4.23. The van der Waals surface area contributed by atoms with Crippen molar-refractivity contribution < 1.29 is 42.6 Å². The number of nitrogens with one attached hydrogen (secondary N) is 1. The third-order valence-corrected chi connectivity index (χ3v) is 7.42. The van der Waals surface area contributed by atoms with Crippen molar-refractivity contribution in [1.82, 2.24) is 4.90 Å². The Hall–Kier alpha value is -3.84. The molecule has 2 fully saturated rings. The van der Waals surface area contributed by atoms with Crippen LogP contribution >= 0.6 is 11.6 Å². The molecule has 5 N–H and O–H groups in total. The van der Waals surface area contributed by atoms with Gasteiger partial charge in [-0.05, 0) is 75.2 Å². The molecule has 0 atom stereocenters. The molecule has 2 aromatic rings. The lowest BCUT2D eigenvalue weighted by Gasteiger charge is -2.48. The van der Waals surface area contributed by atoms with E-state index in [2.05, 4.69) is 15.1 Å². The predicted molar refractivity (Wildman–Crippen MR) is 145 cm³/mol. The summed E-state index contributed by atoms with van der Waals surface area (Å²) in [6.07, 6.45) is -0.572. The highest BCUT2D eigenvalue weighted by Gasteiger charge is 2.45. The average Bonchev–Trinajstić information content (AvgIpc) is 2.93. The Kier molecular flexibility index (Phi) is 10.2. The number of carbonyl (C=O) groups is 4. The number of carbonyl (C=O) groups excluding carboxylic acids is 2. The zero-order valence-corrected chi connectivity index (χ0v) is 22.7. The molecule has 222 valence electrons. The molecule has 0 aromatic heterocycles. The molecule has 14 heteroatoms. The number of alkyl halides is 3. The largest absolute Gasteiger partial charge is 0.490 e. The number of aromatic carboxylic acids is 1. The van der Waals surface area contributed by atoms with Gasteiger partial charge in [-0.25, -0.2) is 9.59 Å². The number of carboxylic acid groups (broad SMARTS) is 2. The second-order valence-electron chi connectivity index (χ2n) is 9.73. The molecule has 2 aromatic carbocycles. The topological polar surface area (TPSA) is 153 Å². The number of hydrogen-bond acceptors (Lipinski definition) is 6. The van der Waals surface area contributed by atoms with Gasteiger partial charge in [0.15, 0.2) is 0 Å². The summed E-state index contributed by atoms with van der Waals surface area (Å²) >= 11 is 5.96. The van der Waals surface area contributed by atoms with E-state index in [4.69, 9.17) is 27.2 Å². The minimum Gasteiger partial charge on any atom is -0.478 e. The first-order chi connectivity index (χ1) is 19.2. The van der Waals surface area contributed by atoms with E-state index in [-0.39, 0.29) is 17.2 Å². The van der Waals surface area contributed by atoms with Crippen LogP contribution in [-0.2, 0) is 9.59 Å². The van der Waals surface area contributed by atoms with Crippen LogP contribution in [0.5, 0.6) is 0 Å². The minimum atomic E-state index is -5.08. The summed E-state index contributed by atoms with van der Waals surface area (Å²) in [4.78, 5) is 50.3. The van der Waals surface area contributed by atoms with Crippen LogP contribution < -0.4 is 16.0 Å². The number of halogens is 4. The van der Waals surface area contributed by atoms with Gasteiger partial charge in [0.2, 0.25) is 5.91 Å². The monoisotopic (exact) mass is 598 g/mol.